The van der Waals surface area contributed by atoms with Gasteiger partial charge in [0.1, 0.15) is 11.5 Å². The number of carbonyl (C=O) groups excluding carboxylic acids is 2. The number of anilines is 2. The normalized spacial score (nSPS) is 19.9. The third-order valence-corrected chi connectivity index (χ3v) is 5.68. The summed E-state index contributed by atoms with van der Waals surface area (Å²) in [6.45, 7) is 1.35. The molecule has 4 rings (SSSR count). The van der Waals surface area contributed by atoms with E-state index in [-0.39, 0.29) is 18.0 Å². The zero-order valence-corrected chi connectivity index (χ0v) is 16.7. The topological polar surface area (TPSA) is 75.0 Å². The van der Waals surface area contributed by atoms with Crippen LogP contribution >= 0.6 is 0 Å². The molecule has 2 aliphatic rings. The van der Waals surface area contributed by atoms with Crippen LogP contribution in [-0.4, -0.2) is 37.0 Å². The second kappa shape index (κ2) is 8.59. The Labute approximate surface area is 170 Å². The number of likely N-dealkylation sites (tertiary alicyclic amines) is 1. The molecule has 1 aromatic carbocycles. The van der Waals surface area contributed by atoms with Gasteiger partial charge in [-0.3, -0.25) is 4.79 Å². The van der Waals surface area contributed by atoms with Crippen LogP contribution in [0.15, 0.2) is 41.0 Å². The zero-order chi connectivity index (χ0) is 20.2. The van der Waals surface area contributed by atoms with Crippen molar-refractivity contribution in [3.8, 4) is 5.75 Å². The van der Waals surface area contributed by atoms with Crippen LogP contribution in [0.5, 0.6) is 5.75 Å². The number of nitrogens with zero attached hydrogens (tertiary/aromatic N) is 2. The summed E-state index contributed by atoms with van der Waals surface area (Å²) in [4.78, 5) is 28.9. The Kier molecular flexibility index (Phi) is 5.74. The minimum Gasteiger partial charge on any atom is -0.495 e. The van der Waals surface area contributed by atoms with E-state index in [1.54, 1.807) is 30.4 Å². The average molecular weight is 397 g/mol. The van der Waals surface area contributed by atoms with Crippen molar-refractivity contribution in [1.82, 2.24) is 4.90 Å². The maximum Gasteiger partial charge on any atom is 0.322 e. The van der Waals surface area contributed by atoms with Crippen molar-refractivity contribution in [2.24, 2.45) is 0 Å². The van der Waals surface area contributed by atoms with E-state index >= 15 is 0 Å². The van der Waals surface area contributed by atoms with Crippen molar-refractivity contribution in [2.75, 3.05) is 30.4 Å². The number of hydrogen-bond donors (Lipinski definition) is 1. The Hall–Kier alpha value is -2.96. The smallest absolute Gasteiger partial charge is 0.322 e. The van der Waals surface area contributed by atoms with E-state index in [0.29, 0.717) is 36.6 Å². The van der Waals surface area contributed by atoms with E-state index < -0.39 is 0 Å². The van der Waals surface area contributed by atoms with Crippen molar-refractivity contribution in [3.63, 3.8) is 0 Å². The predicted molar refractivity (Wildman–Crippen MR) is 110 cm³/mol. The van der Waals surface area contributed by atoms with Gasteiger partial charge in [0, 0.05) is 25.2 Å². The van der Waals surface area contributed by atoms with Crippen LogP contribution in [0, 0.1) is 0 Å². The molecule has 1 atom stereocenters. The molecule has 0 unspecified atom stereocenters. The van der Waals surface area contributed by atoms with Crippen LogP contribution in [-0.2, 0) is 4.79 Å². The van der Waals surface area contributed by atoms with E-state index in [1.807, 2.05) is 23.1 Å². The highest BCUT2D eigenvalue weighted by atomic mass is 16.5. The SMILES string of the molecule is COc1ccc(NC(=O)N2CCCCC[C@@H]2c2ccco2)cc1N1CCCC1=O. The standard InChI is InChI=1S/C22H27N3O4/c1-28-19-11-10-16(15-18(19)24-13-5-9-21(24)26)23-22(27)25-12-4-2-3-7-17(25)20-8-6-14-29-20/h6,8,10-11,14-15,17H,2-5,7,9,12-13H2,1H3,(H,23,27)/t17-/m1/s1. The van der Waals surface area contributed by atoms with Gasteiger partial charge >= 0.3 is 6.03 Å². The quantitative estimate of drug-likeness (QED) is 0.820. The zero-order valence-electron chi connectivity index (χ0n) is 16.7. The van der Waals surface area contributed by atoms with Crippen molar-refractivity contribution in [3.05, 3.63) is 42.4 Å². The summed E-state index contributed by atoms with van der Waals surface area (Å²) < 4.78 is 11.0. The summed E-state index contributed by atoms with van der Waals surface area (Å²) in [7, 11) is 1.59. The Morgan fingerprint density at radius 2 is 2.07 bits per heavy atom. The first kappa shape index (κ1) is 19.4. The summed E-state index contributed by atoms with van der Waals surface area (Å²) in [5.41, 5.74) is 1.35. The first-order valence-corrected chi connectivity index (χ1v) is 10.3. The number of urea groups is 1. The molecule has 0 bridgehead atoms. The molecule has 0 spiro atoms. The largest absolute Gasteiger partial charge is 0.495 e. The Morgan fingerprint density at radius 3 is 2.79 bits per heavy atom. The molecular formula is C22H27N3O4. The van der Waals surface area contributed by atoms with Crippen LogP contribution in [0.4, 0.5) is 16.2 Å². The first-order chi connectivity index (χ1) is 14.2. The average Bonchev–Trinajstić information content (AvgIpc) is 3.34. The summed E-state index contributed by atoms with van der Waals surface area (Å²) in [6, 6.07) is 8.99. The Balaban J connectivity index is 1.56. The van der Waals surface area contributed by atoms with Crippen LogP contribution < -0.4 is 15.0 Å². The molecule has 7 nitrogen and oxygen atoms in total. The monoisotopic (exact) mass is 397 g/mol. The molecule has 7 heteroatoms. The molecule has 0 aliphatic carbocycles. The summed E-state index contributed by atoms with van der Waals surface area (Å²) in [6.07, 6.45) is 7.05. The molecule has 0 saturated carbocycles. The lowest BCUT2D eigenvalue weighted by Crippen LogP contribution is -2.38. The van der Waals surface area contributed by atoms with E-state index in [1.165, 1.54) is 0 Å². The minimum atomic E-state index is -0.155. The second-order valence-electron chi connectivity index (χ2n) is 7.54. The highest BCUT2D eigenvalue weighted by Gasteiger charge is 2.29. The maximum absolute atomic E-state index is 13.1. The van der Waals surface area contributed by atoms with Gasteiger partial charge < -0.3 is 24.3 Å². The van der Waals surface area contributed by atoms with Crippen molar-refractivity contribution in [1.29, 1.82) is 0 Å². The molecule has 2 aliphatic heterocycles. The number of carbonyl (C=O) groups is 2. The van der Waals surface area contributed by atoms with Gasteiger partial charge in [-0.25, -0.2) is 4.79 Å². The summed E-state index contributed by atoms with van der Waals surface area (Å²) in [5.74, 6) is 1.53. The molecule has 2 saturated heterocycles. The fourth-order valence-corrected chi connectivity index (χ4v) is 4.20. The van der Waals surface area contributed by atoms with Gasteiger partial charge in [0.15, 0.2) is 0 Å². The Bertz CT molecular complexity index is 865. The molecular weight excluding hydrogens is 370 g/mol. The van der Waals surface area contributed by atoms with Gasteiger partial charge in [-0.1, -0.05) is 12.8 Å². The van der Waals surface area contributed by atoms with E-state index in [9.17, 15) is 9.59 Å². The highest BCUT2D eigenvalue weighted by molar-refractivity contribution is 5.98. The number of furan rings is 1. The molecule has 1 aromatic heterocycles. The lowest BCUT2D eigenvalue weighted by molar-refractivity contribution is -0.117. The molecule has 0 radical (unpaired) electrons. The third kappa shape index (κ3) is 4.09. The number of hydrogen-bond acceptors (Lipinski definition) is 4. The predicted octanol–water partition coefficient (Wildman–Crippen LogP) is 4.56. The molecule has 1 N–H and O–H groups in total. The first-order valence-electron chi connectivity index (χ1n) is 10.3. The van der Waals surface area contributed by atoms with Gasteiger partial charge in [0.05, 0.1) is 25.1 Å². The van der Waals surface area contributed by atoms with Gasteiger partial charge in [0.25, 0.3) is 0 Å². The maximum atomic E-state index is 13.1. The fourth-order valence-electron chi connectivity index (χ4n) is 4.20. The van der Waals surface area contributed by atoms with E-state index in [2.05, 4.69) is 5.32 Å². The van der Waals surface area contributed by atoms with E-state index in [4.69, 9.17) is 9.15 Å². The lowest BCUT2D eigenvalue weighted by Gasteiger charge is -2.29. The van der Waals surface area contributed by atoms with Crippen molar-refractivity contribution < 1.29 is 18.7 Å². The molecule has 29 heavy (non-hydrogen) atoms. The lowest BCUT2D eigenvalue weighted by atomic mass is 10.1. The van der Waals surface area contributed by atoms with Gasteiger partial charge in [-0.15, -0.1) is 0 Å². The number of methoxy groups -OCH3 is 1. The number of amides is 3. The van der Waals surface area contributed by atoms with Crippen LogP contribution in [0.1, 0.15) is 50.3 Å². The third-order valence-electron chi connectivity index (χ3n) is 5.68. The van der Waals surface area contributed by atoms with Crippen molar-refractivity contribution in [2.45, 2.75) is 44.6 Å². The van der Waals surface area contributed by atoms with Crippen molar-refractivity contribution >= 4 is 23.3 Å². The molecule has 2 aromatic rings. The highest BCUT2D eigenvalue weighted by Crippen LogP contribution is 2.35. The second-order valence-corrected chi connectivity index (χ2v) is 7.54. The summed E-state index contributed by atoms with van der Waals surface area (Å²) >= 11 is 0. The molecule has 3 amide bonds. The number of nitrogens with one attached hydrogen (secondary N) is 1. The van der Waals surface area contributed by atoms with Gasteiger partial charge in [0.2, 0.25) is 5.91 Å². The number of benzene rings is 1. The van der Waals surface area contributed by atoms with Crippen LogP contribution in [0.25, 0.3) is 0 Å². The summed E-state index contributed by atoms with van der Waals surface area (Å²) in [5, 5.41) is 3.01. The van der Waals surface area contributed by atoms with Crippen LogP contribution in [0.2, 0.25) is 0 Å². The Morgan fingerprint density at radius 1 is 1.17 bits per heavy atom. The van der Waals surface area contributed by atoms with Crippen LogP contribution in [0.3, 0.4) is 0 Å². The van der Waals surface area contributed by atoms with Gasteiger partial charge in [-0.2, -0.15) is 0 Å². The molecule has 154 valence electrons. The molecule has 3 heterocycles. The minimum absolute atomic E-state index is 0.0645. The fraction of sp³-hybridized carbons (Fsp3) is 0.455. The molecule has 2 fully saturated rings. The van der Waals surface area contributed by atoms with Gasteiger partial charge in [-0.05, 0) is 49.6 Å². The van der Waals surface area contributed by atoms with E-state index in [0.717, 1.165) is 37.9 Å². The number of ether oxygens (including phenoxy) is 1. The number of rotatable bonds is 4.